The summed E-state index contributed by atoms with van der Waals surface area (Å²) in [6, 6.07) is 2.08. The van der Waals surface area contributed by atoms with Crippen molar-refractivity contribution in [2.75, 3.05) is 6.54 Å². The van der Waals surface area contributed by atoms with E-state index < -0.39 is 32.7 Å². The first-order chi connectivity index (χ1) is 9.84. The minimum atomic E-state index is -4.21. The van der Waals surface area contributed by atoms with Crippen LogP contribution in [0.4, 0.5) is 4.39 Å². The average Bonchev–Trinajstić information content (AvgIpc) is 2.64. The maximum Gasteiger partial charge on any atom is 0.322 e. The maximum absolute atomic E-state index is 13.9. The van der Waals surface area contributed by atoms with E-state index >= 15 is 0 Å². The third-order valence-corrected chi connectivity index (χ3v) is 5.65. The van der Waals surface area contributed by atoms with Gasteiger partial charge in [-0.3, -0.25) is 4.79 Å². The lowest BCUT2D eigenvalue weighted by Crippen LogP contribution is -2.44. The summed E-state index contributed by atoms with van der Waals surface area (Å²) in [7, 11) is -4.21. The van der Waals surface area contributed by atoms with E-state index in [4.69, 9.17) is 11.6 Å². The Morgan fingerprint density at radius 2 is 2.05 bits per heavy atom. The molecule has 0 saturated carbocycles. The zero-order chi connectivity index (χ0) is 15.6. The summed E-state index contributed by atoms with van der Waals surface area (Å²) in [6.45, 7) is 0.0708. The van der Waals surface area contributed by atoms with Gasteiger partial charge in [0.15, 0.2) is 0 Å². The molecule has 1 heterocycles. The van der Waals surface area contributed by atoms with E-state index in [1.807, 2.05) is 0 Å². The van der Waals surface area contributed by atoms with Gasteiger partial charge in [-0.15, -0.1) is 0 Å². The molecule has 1 saturated heterocycles. The van der Waals surface area contributed by atoms with Crippen molar-refractivity contribution in [2.24, 2.45) is 0 Å². The third kappa shape index (κ3) is 3.36. The summed E-state index contributed by atoms with van der Waals surface area (Å²) in [6.07, 6.45) is 2.16. The fraction of sp³-hybridized carbons (Fsp3) is 0.462. The Morgan fingerprint density at radius 3 is 2.67 bits per heavy atom. The molecule has 8 heteroatoms. The molecule has 0 aromatic heterocycles. The van der Waals surface area contributed by atoms with Crippen molar-refractivity contribution in [3.05, 3.63) is 29.0 Å². The molecule has 2 rings (SSSR count). The van der Waals surface area contributed by atoms with Gasteiger partial charge < -0.3 is 5.11 Å². The molecule has 1 atom stereocenters. The molecule has 0 amide bonds. The normalized spacial score (nSPS) is 21.0. The number of carbonyl (C=O) groups is 1. The highest BCUT2D eigenvalue weighted by molar-refractivity contribution is 7.89. The SMILES string of the molecule is O=C(O)C1CCCCCN1S(=O)(=O)c1ccc(Cl)cc1F. The molecule has 0 spiro atoms. The van der Waals surface area contributed by atoms with Gasteiger partial charge in [-0.25, -0.2) is 12.8 Å². The minimum Gasteiger partial charge on any atom is -0.480 e. The van der Waals surface area contributed by atoms with Gasteiger partial charge in [0.25, 0.3) is 0 Å². The van der Waals surface area contributed by atoms with E-state index in [1.54, 1.807) is 0 Å². The van der Waals surface area contributed by atoms with Gasteiger partial charge in [0.1, 0.15) is 16.8 Å². The van der Waals surface area contributed by atoms with Gasteiger partial charge in [-0.2, -0.15) is 4.31 Å². The molecule has 1 aliphatic rings. The van der Waals surface area contributed by atoms with Crippen LogP contribution in [0.2, 0.25) is 5.02 Å². The van der Waals surface area contributed by atoms with E-state index in [9.17, 15) is 22.7 Å². The van der Waals surface area contributed by atoms with Crippen LogP contribution < -0.4 is 0 Å². The van der Waals surface area contributed by atoms with Gasteiger partial charge in [-0.1, -0.05) is 24.4 Å². The van der Waals surface area contributed by atoms with Crippen LogP contribution in [0.25, 0.3) is 0 Å². The molecule has 0 aliphatic carbocycles. The van der Waals surface area contributed by atoms with Crippen molar-refractivity contribution in [1.82, 2.24) is 4.31 Å². The lowest BCUT2D eigenvalue weighted by atomic mass is 10.1. The van der Waals surface area contributed by atoms with E-state index in [-0.39, 0.29) is 18.0 Å². The van der Waals surface area contributed by atoms with Crippen LogP contribution in [0, 0.1) is 5.82 Å². The van der Waals surface area contributed by atoms with Crippen molar-refractivity contribution >= 4 is 27.6 Å². The molecule has 1 unspecified atom stereocenters. The minimum absolute atomic E-state index is 0.0708. The zero-order valence-corrected chi connectivity index (χ0v) is 12.7. The second-order valence-corrected chi connectivity index (χ2v) is 7.19. The first kappa shape index (κ1) is 16.2. The number of carboxylic acid groups (broad SMARTS) is 1. The molecule has 1 fully saturated rings. The van der Waals surface area contributed by atoms with Crippen molar-refractivity contribution < 1.29 is 22.7 Å². The number of nitrogens with zero attached hydrogens (tertiary/aromatic N) is 1. The van der Waals surface area contributed by atoms with Crippen molar-refractivity contribution in [2.45, 2.75) is 36.6 Å². The lowest BCUT2D eigenvalue weighted by Gasteiger charge is -2.26. The van der Waals surface area contributed by atoms with Gasteiger partial charge in [-0.05, 0) is 31.0 Å². The zero-order valence-electron chi connectivity index (χ0n) is 11.1. The average molecular weight is 336 g/mol. The summed E-state index contributed by atoms with van der Waals surface area (Å²) < 4.78 is 39.9. The van der Waals surface area contributed by atoms with E-state index in [0.29, 0.717) is 12.8 Å². The summed E-state index contributed by atoms with van der Waals surface area (Å²) in [5.41, 5.74) is 0. The van der Waals surface area contributed by atoms with Crippen molar-refractivity contribution in [3.63, 3.8) is 0 Å². The highest BCUT2D eigenvalue weighted by atomic mass is 35.5. The Morgan fingerprint density at radius 1 is 1.33 bits per heavy atom. The van der Waals surface area contributed by atoms with Crippen LogP contribution in [-0.4, -0.2) is 36.4 Å². The predicted molar refractivity (Wildman–Crippen MR) is 75.2 cm³/mol. The number of rotatable bonds is 3. The summed E-state index contributed by atoms with van der Waals surface area (Å²) in [4.78, 5) is 10.8. The number of aliphatic carboxylic acids is 1. The Hall–Kier alpha value is -1.18. The van der Waals surface area contributed by atoms with Gasteiger partial charge in [0, 0.05) is 11.6 Å². The first-order valence-electron chi connectivity index (χ1n) is 6.54. The Kier molecular flexibility index (Phi) is 4.85. The molecule has 0 bridgehead atoms. The standard InChI is InChI=1S/C13H15ClFNO4S/c14-9-5-6-12(10(15)8-9)21(19,20)16-7-3-1-2-4-11(16)13(17)18/h5-6,8,11H,1-4,7H2,(H,17,18). The Balaban J connectivity index is 2.46. The second kappa shape index (κ2) is 6.29. The number of hydrogen-bond acceptors (Lipinski definition) is 3. The molecule has 1 N–H and O–H groups in total. The molecule has 1 aromatic rings. The highest BCUT2D eigenvalue weighted by Crippen LogP contribution is 2.27. The third-order valence-electron chi connectivity index (χ3n) is 3.47. The predicted octanol–water partition coefficient (Wildman–Crippen LogP) is 2.50. The summed E-state index contributed by atoms with van der Waals surface area (Å²) >= 11 is 5.62. The fourth-order valence-corrected chi connectivity index (χ4v) is 4.28. The summed E-state index contributed by atoms with van der Waals surface area (Å²) in [5.74, 6) is -2.19. The maximum atomic E-state index is 13.9. The second-order valence-electron chi connectivity index (χ2n) is 4.89. The number of carboxylic acids is 1. The van der Waals surface area contributed by atoms with E-state index in [2.05, 4.69) is 0 Å². The molecule has 0 radical (unpaired) electrons. The van der Waals surface area contributed by atoms with E-state index in [0.717, 1.165) is 22.9 Å². The van der Waals surface area contributed by atoms with Crippen LogP contribution in [0.15, 0.2) is 23.1 Å². The van der Waals surface area contributed by atoms with Gasteiger partial charge >= 0.3 is 5.97 Å². The quantitative estimate of drug-likeness (QED) is 0.921. The number of halogens is 2. The molecule has 1 aromatic carbocycles. The van der Waals surface area contributed by atoms with Crippen LogP contribution >= 0.6 is 11.6 Å². The van der Waals surface area contributed by atoms with Crippen LogP contribution in [0.1, 0.15) is 25.7 Å². The number of benzene rings is 1. The Bertz CT molecular complexity index is 650. The molecule has 21 heavy (non-hydrogen) atoms. The van der Waals surface area contributed by atoms with Crippen LogP contribution in [0.5, 0.6) is 0 Å². The monoisotopic (exact) mass is 335 g/mol. The molecular formula is C13H15ClFNO4S. The lowest BCUT2D eigenvalue weighted by molar-refractivity contribution is -0.141. The largest absolute Gasteiger partial charge is 0.480 e. The summed E-state index contributed by atoms with van der Waals surface area (Å²) in [5, 5.41) is 9.32. The topological polar surface area (TPSA) is 74.7 Å². The smallest absolute Gasteiger partial charge is 0.322 e. The van der Waals surface area contributed by atoms with Crippen molar-refractivity contribution in [1.29, 1.82) is 0 Å². The van der Waals surface area contributed by atoms with Crippen LogP contribution in [-0.2, 0) is 14.8 Å². The molecule has 116 valence electrons. The van der Waals surface area contributed by atoms with Gasteiger partial charge in [0.05, 0.1) is 0 Å². The first-order valence-corrected chi connectivity index (χ1v) is 8.35. The van der Waals surface area contributed by atoms with E-state index in [1.165, 1.54) is 6.07 Å². The number of sulfonamides is 1. The number of hydrogen-bond donors (Lipinski definition) is 1. The van der Waals surface area contributed by atoms with Crippen molar-refractivity contribution in [3.8, 4) is 0 Å². The molecule has 5 nitrogen and oxygen atoms in total. The van der Waals surface area contributed by atoms with Crippen LogP contribution in [0.3, 0.4) is 0 Å². The molecular weight excluding hydrogens is 321 g/mol. The highest BCUT2D eigenvalue weighted by Gasteiger charge is 2.37. The molecule has 1 aliphatic heterocycles. The Labute approximate surface area is 127 Å². The van der Waals surface area contributed by atoms with Gasteiger partial charge in [0.2, 0.25) is 10.0 Å². The fourth-order valence-electron chi connectivity index (χ4n) is 2.43.